The summed E-state index contributed by atoms with van der Waals surface area (Å²) in [6.45, 7) is 0. The van der Waals surface area contributed by atoms with Gasteiger partial charge in [0.25, 0.3) is 0 Å². The van der Waals surface area contributed by atoms with Crippen LogP contribution in [-0.4, -0.2) is 36.8 Å². The van der Waals surface area contributed by atoms with Crippen molar-refractivity contribution in [3.8, 4) is 11.5 Å². The average Bonchev–Trinajstić information content (AvgIpc) is 3.01. The summed E-state index contributed by atoms with van der Waals surface area (Å²) < 4.78 is 10.5. The van der Waals surface area contributed by atoms with Crippen molar-refractivity contribution in [2.75, 3.05) is 14.2 Å². The number of rotatable bonds is 6. The fourth-order valence-corrected chi connectivity index (χ4v) is 3.72. The number of hydrogen-bond acceptors (Lipinski definition) is 6. The van der Waals surface area contributed by atoms with Crippen LogP contribution in [0, 0.1) is 0 Å². The van der Waals surface area contributed by atoms with Crippen molar-refractivity contribution in [3.63, 3.8) is 0 Å². The lowest BCUT2D eigenvalue weighted by atomic mass is 10.1. The van der Waals surface area contributed by atoms with Gasteiger partial charge in [0.2, 0.25) is 5.91 Å². The normalized spacial score (nSPS) is 18.1. The minimum Gasteiger partial charge on any atom is -0.493 e. The minimum atomic E-state index is -0.251. The van der Waals surface area contributed by atoms with E-state index in [-0.39, 0.29) is 11.2 Å². The zero-order valence-electron chi connectivity index (χ0n) is 14.8. The Morgan fingerprint density at radius 1 is 1.19 bits per heavy atom. The van der Waals surface area contributed by atoms with Gasteiger partial charge in [-0.2, -0.15) is 5.10 Å². The molecule has 0 radical (unpaired) electrons. The minimum absolute atomic E-state index is 0.0833. The van der Waals surface area contributed by atoms with Crippen molar-refractivity contribution in [2.45, 2.75) is 11.7 Å². The molecule has 8 heteroatoms. The van der Waals surface area contributed by atoms with Crippen LogP contribution in [0.25, 0.3) is 0 Å². The Bertz CT molecular complexity index is 902. The van der Waals surface area contributed by atoms with Crippen molar-refractivity contribution < 1.29 is 14.3 Å². The zero-order chi connectivity index (χ0) is 19.2. The molecular weight excluding hydrogens is 386 g/mol. The van der Waals surface area contributed by atoms with Gasteiger partial charge in [0, 0.05) is 5.02 Å². The first-order valence-corrected chi connectivity index (χ1v) is 9.40. The predicted molar refractivity (Wildman–Crippen MR) is 109 cm³/mol. The lowest BCUT2D eigenvalue weighted by Gasteiger charge is -2.07. The number of ether oxygens (including phenoxy) is 2. The second kappa shape index (κ2) is 8.92. The van der Waals surface area contributed by atoms with Crippen molar-refractivity contribution in [1.29, 1.82) is 0 Å². The van der Waals surface area contributed by atoms with Crippen LogP contribution in [0.3, 0.4) is 0 Å². The maximum atomic E-state index is 12.1. The van der Waals surface area contributed by atoms with Crippen molar-refractivity contribution in [2.24, 2.45) is 10.2 Å². The van der Waals surface area contributed by atoms with Gasteiger partial charge in [0.15, 0.2) is 16.7 Å². The predicted octanol–water partition coefficient (Wildman–Crippen LogP) is 3.52. The number of carbonyl (C=O) groups excluding carboxylic acids is 1. The number of methoxy groups -OCH3 is 2. The lowest BCUT2D eigenvalue weighted by Crippen LogP contribution is -2.25. The summed E-state index contributed by atoms with van der Waals surface area (Å²) in [6, 6.07) is 12.9. The van der Waals surface area contributed by atoms with Gasteiger partial charge < -0.3 is 14.8 Å². The van der Waals surface area contributed by atoms with Gasteiger partial charge in [-0.15, -0.1) is 5.10 Å². The number of amides is 1. The summed E-state index contributed by atoms with van der Waals surface area (Å²) in [5.74, 6) is 1.17. The summed E-state index contributed by atoms with van der Waals surface area (Å²) in [5.41, 5.74) is 1.81. The van der Waals surface area contributed by atoms with Gasteiger partial charge in [-0.25, -0.2) is 0 Å². The Kier molecular flexibility index (Phi) is 6.36. The summed E-state index contributed by atoms with van der Waals surface area (Å²) in [4.78, 5) is 12.1. The van der Waals surface area contributed by atoms with Gasteiger partial charge in [-0.3, -0.25) is 4.79 Å². The number of nitrogens with one attached hydrogen (secondary N) is 1. The van der Waals surface area contributed by atoms with E-state index in [9.17, 15) is 4.79 Å². The molecule has 140 valence electrons. The Labute approximate surface area is 166 Å². The molecule has 0 saturated carbocycles. The van der Waals surface area contributed by atoms with Crippen LogP contribution >= 0.6 is 23.4 Å². The van der Waals surface area contributed by atoms with Gasteiger partial charge in [-0.1, -0.05) is 35.5 Å². The number of hydrogen-bond donors (Lipinski definition) is 1. The molecule has 1 unspecified atom stereocenters. The van der Waals surface area contributed by atoms with Crippen molar-refractivity contribution in [1.82, 2.24) is 5.32 Å². The molecule has 0 spiro atoms. The molecule has 1 aliphatic rings. The Morgan fingerprint density at radius 3 is 2.74 bits per heavy atom. The average molecular weight is 404 g/mol. The zero-order valence-corrected chi connectivity index (χ0v) is 16.4. The fourth-order valence-electron chi connectivity index (χ4n) is 2.55. The van der Waals surface area contributed by atoms with Crippen molar-refractivity contribution in [3.05, 3.63) is 58.6 Å². The van der Waals surface area contributed by atoms with E-state index in [1.54, 1.807) is 32.6 Å². The second-order valence-electron chi connectivity index (χ2n) is 5.69. The highest BCUT2D eigenvalue weighted by molar-refractivity contribution is 8.15. The molecule has 1 saturated heterocycles. The van der Waals surface area contributed by atoms with E-state index >= 15 is 0 Å². The van der Waals surface area contributed by atoms with E-state index in [0.29, 0.717) is 28.1 Å². The smallest absolute Gasteiger partial charge is 0.239 e. The van der Waals surface area contributed by atoms with Gasteiger partial charge in [0.05, 0.1) is 25.7 Å². The van der Waals surface area contributed by atoms with E-state index in [1.165, 1.54) is 11.8 Å². The van der Waals surface area contributed by atoms with Crippen LogP contribution in [0.15, 0.2) is 52.7 Å². The fraction of sp³-hybridized carbons (Fsp3) is 0.211. The highest BCUT2D eigenvalue weighted by Crippen LogP contribution is 2.27. The second-order valence-corrected chi connectivity index (χ2v) is 7.32. The largest absolute Gasteiger partial charge is 0.493 e. The number of carbonyl (C=O) groups is 1. The quantitative estimate of drug-likeness (QED) is 0.591. The number of thioether (sulfide) groups is 1. The summed E-state index contributed by atoms with van der Waals surface area (Å²) in [6.07, 6.45) is 2.17. The highest BCUT2D eigenvalue weighted by atomic mass is 35.5. The molecule has 2 aromatic rings. The topological polar surface area (TPSA) is 72.3 Å². The van der Waals surface area contributed by atoms with Gasteiger partial charge >= 0.3 is 0 Å². The van der Waals surface area contributed by atoms with Crippen LogP contribution < -0.4 is 14.8 Å². The molecule has 0 bridgehead atoms. The summed E-state index contributed by atoms with van der Waals surface area (Å²) in [7, 11) is 3.15. The van der Waals surface area contributed by atoms with Crippen LogP contribution in [-0.2, 0) is 11.2 Å². The third-order valence-electron chi connectivity index (χ3n) is 3.85. The Morgan fingerprint density at radius 2 is 2.00 bits per heavy atom. The van der Waals surface area contributed by atoms with Crippen molar-refractivity contribution >= 4 is 40.7 Å². The van der Waals surface area contributed by atoms with Gasteiger partial charge in [-0.05, 0) is 47.9 Å². The first kappa shape index (κ1) is 19.3. The third-order valence-corrected chi connectivity index (χ3v) is 5.16. The number of amidine groups is 1. The lowest BCUT2D eigenvalue weighted by molar-refractivity contribution is -0.118. The third kappa shape index (κ3) is 5.02. The standard InChI is InChI=1S/C19H18ClN3O3S/c1-25-15-7-6-13(9-16(15)26-2)11-21-23-19-22-18(24)17(27-19)10-12-4-3-5-14(20)8-12/h3-9,11,17H,10H2,1-2H3,(H,22,23,24). The molecule has 1 aliphatic heterocycles. The van der Waals surface area contributed by atoms with E-state index < -0.39 is 0 Å². The maximum Gasteiger partial charge on any atom is 0.239 e. The summed E-state index contributed by atoms with van der Waals surface area (Å²) >= 11 is 7.35. The molecule has 1 atom stereocenters. The Balaban J connectivity index is 1.64. The van der Waals surface area contributed by atoms with E-state index in [2.05, 4.69) is 15.5 Å². The molecule has 6 nitrogen and oxygen atoms in total. The number of halogens is 1. The molecule has 1 N–H and O–H groups in total. The molecule has 0 aliphatic carbocycles. The van der Waals surface area contributed by atoms with Crippen LogP contribution in [0.2, 0.25) is 5.02 Å². The van der Waals surface area contributed by atoms with E-state index in [1.807, 2.05) is 30.3 Å². The molecule has 0 aromatic heterocycles. The first-order chi connectivity index (χ1) is 13.1. The van der Waals surface area contributed by atoms with E-state index in [4.69, 9.17) is 21.1 Å². The SMILES string of the molecule is COc1ccc(C=NN=C2NC(=O)C(Cc3cccc(Cl)c3)S2)cc1OC. The van der Waals surface area contributed by atoms with Gasteiger partial charge in [0.1, 0.15) is 0 Å². The van der Waals surface area contributed by atoms with Crippen LogP contribution in [0.1, 0.15) is 11.1 Å². The monoisotopic (exact) mass is 403 g/mol. The molecule has 1 heterocycles. The highest BCUT2D eigenvalue weighted by Gasteiger charge is 2.30. The molecular formula is C19H18ClN3O3S. The summed E-state index contributed by atoms with van der Waals surface area (Å²) in [5, 5.41) is 11.8. The molecule has 1 fully saturated rings. The number of benzene rings is 2. The molecule has 2 aromatic carbocycles. The number of nitrogens with zero attached hydrogens (tertiary/aromatic N) is 2. The first-order valence-electron chi connectivity index (χ1n) is 8.14. The van der Waals surface area contributed by atoms with Crippen LogP contribution in [0.5, 0.6) is 11.5 Å². The molecule has 1 amide bonds. The Hall–Kier alpha value is -2.51. The maximum absolute atomic E-state index is 12.1. The molecule has 3 rings (SSSR count). The van der Waals surface area contributed by atoms with E-state index in [0.717, 1.165) is 11.1 Å². The molecule has 27 heavy (non-hydrogen) atoms. The van der Waals surface area contributed by atoms with Crippen LogP contribution in [0.4, 0.5) is 0 Å².